The minimum atomic E-state index is -0.0472. The predicted molar refractivity (Wildman–Crippen MR) is 410 cm³/mol. The number of carbonyl (C=O) groups excluding carboxylic acids is 4. The molecule has 10 aliphatic rings. The summed E-state index contributed by atoms with van der Waals surface area (Å²) in [5.41, 5.74) is 22.0. The van der Waals surface area contributed by atoms with Gasteiger partial charge in [0, 0.05) is 159 Å². The largest absolute Gasteiger partial charge is 0.378 e. The zero-order chi connectivity index (χ0) is 73.2. The Bertz CT molecular complexity index is 5560. The molecule has 6 aliphatic heterocycles. The lowest BCUT2D eigenvalue weighted by Gasteiger charge is -2.26. The average molecular weight is 1390 g/mol. The third kappa shape index (κ3) is 12.0. The number of carbonyl (C=O) groups is 4. The van der Waals surface area contributed by atoms with Crippen LogP contribution in [0, 0.1) is 13.8 Å². The van der Waals surface area contributed by atoms with Crippen LogP contribution in [-0.4, -0.2) is 199 Å². The van der Waals surface area contributed by atoms with Crippen molar-refractivity contribution in [3.05, 3.63) is 264 Å². The summed E-state index contributed by atoms with van der Waals surface area (Å²) in [6.07, 6.45) is 7.16. The third-order valence-corrected chi connectivity index (χ3v) is 19.4. The molecule has 524 valence electrons. The fourth-order valence-electron chi connectivity index (χ4n) is 14.2. The number of nitrogens with zero attached hydrogens (tertiary/aromatic N) is 19. The number of Topliss-reactive ketones (excluding diaryl/α,β-unsaturated/α-hetero) is 4. The van der Waals surface area contributed by atoms with Crippen LogP contribution in [0.5, 0.6) is 0 Å². The quantitative estimate of drug-likeness (QED) is 0.144. The van der Waals surface area contributed by atoms with Gasteiger partial charge in [-0.1, -0.05) is 115 Å². The lowest BCUT2D eigenvalue weighted by atomic mass is 9.82. The minimum absolute atomic E-state index is 0.0114. The van der Waals surface area contributed by atoms with E-state index in [1.54, 1.807) is 21.8 Å². The molecular weight excluding hydrogens is 1320 g/mol. The van der Waals surface area contributed by atoms with Gasteiger partial charge in [0.25, 0.3) is 0 Å². The molecule has 105 heavy (non-hydrogen) atoms. The highest BCUT2D eigenvalue weighted by molar-refractivity contribution is 6.46. The molecule has 0 radical (unpaired) electrons. The van der Waals surface area contributed by atoms with Crippen molar-refractivity contribution in [2.75, 3.05) is 74.1 Å². The summed E-state index contributed by atoms with van der Waals surface area (Å²) in [5, 5.41) is 13.1. The smallest absolute Gasteiger partial charge is 0.226 e. The standard InChI is InChI=1S/C23H19N5O.C21H20N4O2.C19H19N5O.C18H17N5O/c1-14-18(13-24-28(14)15-9-5-4-6-10-15)19-21-20(25-23(26-21)27(2)3)16-11-7-8-12-17(16)22(19)29;1-12-11-22-13(2)16(12)17-19-18(14-5-3-4-6-15(14)20(17)26)23-21(24-19)25-7-9-27-10-8-25;1-4-24(5-2)19-21-16-13-8-6-7-9-14(13)18(25)15(17(16)22-19)12-10-20-23(3)11-12;1-10-13(9-23(4)21-10)14-16-15(19-18(20-16)22(2)3)11-7-5-6-8-12(11)17(14)24/h4-13H,1-3H3;3-6H,7-11H2,1-2H3;6-11H,4-5H2,1-3H3;5-9H,1-4H3. The molecule has 5 aromatic carbocycles. The summed E-state index contributed by atoms with van der Waals surface area (Å²) in [6.45, 7) is 17.1. The van der Waals surface area contributed by atoms with Crippen LogP contribution in [0.1, 0.15) is 119 Å². The van der Waals surface area contributed by atoms with E-state index in [0.717, 1.165) is 122 Å². The van der Waals surface area contributed by atoms with Gasteiger partial charge in [-0.25, -0.2) is 44.6 Å². The van der Waals surface area contributed by atoms with E-state index in [9.17, 15) is 19.2 Å². The molecule has 9 heterocycles. The average Bonchev–Trinajstić information content (AvgIpc) is 1.64. The maximum Gasteiger partial charge on any atom is 0.226 e. The Morgan fingerprint density at radius 3 is 1.35 bits per heavy atom. The number of ether oxygens (including phenoxy) is 1. The van der Waals surface area contributed by atoms with Gasteiger partial charge in [-0.05, 0) is 59.2 Å². The number of para-hydroxylation sites is 1. The highest BCUT2D eigenvalue weighted by Crippen LogP contribution is 2.42. The third-order valence-electron chi connectivity index (χ3n) is 19.4. The molecule has 24 nitrogen and oxygen atoms in total. The predicted octanol–water partition coefficient (Wildman–Crippen LogP) is 10.5. The van der Waals surface area contributed by atoms with E-state index in [1.807, 2.05) is 224 Å². The molecule has 0 atom stereocenters. The van der Waals surface area contributed by atoms with E-state index in [2.05, 4.69) is 53.9 Å². The van der Waals surface area contributed by atoms with Gasteiger partial charge in [-0.2, -0.15) is 15.3 Å². The van der Waals surface area contributed by atoms with Crippen molar-refractivity contribution >= 4 is 92.2 Å². The van der Waals surface area contributed by atoms with Gasteiger partial charge < -0.3 is 24.3 Å². The molecule has 0 bridgehead atoms. The maximum absolute atomic E-state index is 13.5. The highest BCUT2D eigenvalue weighted by Gasteiger charge is 2.42. The van der Waals surface area contributed by atoms with Crippen LogP contribution >= 0.6 is 0 Å². The molecule has 8 aromatic rings. The topological polar surface area (TPSA) is 255 Å². The SMILES string of the molecule is CC1=NCC(C)=C1C1=C2N=C(N3CCOCC3)N=C2c2ccccc2C1=O.CCN(CC)C1=NC2=C(c3cnn(C)c3)C(=O)c3ccccc3C2=N1.Cc1c(C2=C3N=C(N(C)C)N=C3c3ccccc3C2=O)cnn1-c1ccccc1.Cc1nn(C)cc1C1=C2N=C(N(C)C)N=C2c2ccccc2C1=O. The van der Waals surface area contributed by atoms with E-state index in [1.165, 1.54) is 0 Å². The van der Waals surface area contributed by atoms with Crippen LogP contribution in [0.25, 0.3) is 22.4 Å². The van der Waals surface area contributed by atoms with Crippen molar-refractivity contribution in [2.45, 2.75) is 41.5 Å². The Morgan fingerprint density at radius 1 is 0.438 bits per heavy atom. The molecule has 1 fully saturated rings. The first-order chi connectivity index (χ1) is 50.8. The number of hydrogen-bond donors (Lipinski definition) is 0. The second-order valence-electron chi connectivity index (χ2n) is 26.6. The van der Waals surface area contributed by atoms with Gasteiger partial charge in [0.2, 0.25) is 23.8 Å². The molecule has 24 heteroatoms. The summed E-state index contributed by atoms with van der Waals surface area (Å²) in [4.78, 5) is 104. The van der Waals surface area contributed by atoms with Crippen LogP contribution < -0.4 is 0 Å². The summed E-state index contributed by atoms with van der Waals surface area (Å²) in [6, 6.07) is 40.3. The van der Waals surface area contributed by atoms with Crippen LogP contribution in [0.15, 0.2) is 237 Å². The zero-order valence-electron chi connectivity index (χ0n) is 60.4. The molecule has 1 saturated heterocycles. The molecule has 0 unspecified atom stereocenters. The van der Waals surface area contributed by atoms with Crippen LogP contribution in [0.4, 0.5) is 0 Å². The Balaban J connectivity index is 0.000000113. The van der Waals surface area contributed by atoms with Gasteiger partial charge in [0.15, 0.2) is 23.1 Å². The Hall–Kier alpha value is -12.7. The first kappa shape index (κ1) is 68.1. The van der Waals surface area contributed by atoms with Crippen LogP contribution in [0.3, 0.4) is 0 Å². The zero-order valence-corrected chi connectivity index (χ0v) is 60.4. The lowest BCUT2D eigenvalue weighted by Crippen LogP contribution is -2.39. The summed E-state index contributed by atoms with van der Waals surface area (Å²) >= 11 is 0. The van der Waals surface area contributed by atoms with Crippen molar-refractivity contribution in [1.29, 1.82) is 0 Å². The molecule has 0 amide bonds. The van der Waals surface area contributed by atoms with Gasteiger partial charge in [0.05, 0.1) is 65.8 Å². The molecular formula is C81H75N19O5. The van der Waals surface area contributed by atoms with Gasteiger partial charge >= 0.3 is 0 Å². The number of aryl methyl sites for hydroxylation is 3. The van der Waals surface area contributed by atoms with E-state index in [-0.39, 0.29) is 23.1 Å². The highest BCUT2D eigenvalue weighted by atomic mass is 16.5. The number of allylic oxidation sites excluding steroid dienone is 9. The van der Waals surface area contributed by atoms with E-state index < -0.39 is 0 Å². The Labute approximate surface area is 606 Å². The van der Waals surface area contributed by atoms with Crippen molar-refractivity contribution in [3.63, 3.8) is 0 Å². The maximum atomic E-state index is 13.5. The molecule has 0 spiro atoms. The fourth-order valence-corrected chi connectivity index (χ4v) is 14.2. The summed E-state index contributed by atoms with van der Waals surface area (Å²) in [7, 11) is 11.3. The monoisotopic (exact) mass is 1390 g/mol. The Kier molecular flexibility index (Phi) is 17.9. The first-order valence-electron chi connectivity index (χ1n) is 34.8. The van der Waals surface area contributed by atoms with Gasteiger partial charge in [-0.15, -0.1) is 0 Å². The van der Waals surface area contributed by atoms with Gasteiger partial charge in [0.1, 0.15) is 45.6 Å². The van der Waals surface area contributed by atoms with E-state index >= 15 is 0 Å². The number of rotatable bonds is 7. The molecule has 4 aliphatic carbocycles. The second-order valence-corrected chi connectivity index (χ2v) is 26.6. The summed E-state index contributed by atoms with van der Waals surface area (Å²) in [5.74, 6) is 2.44. The number of ketones is 4. The van der Waals surface area contributed by atoms with E-state index in [4.69, 9.17) is 34.7 Å². The van der Waals surface area contributed by atoms with E-state index in [0.29, 0.717) is 111 Å². The number of fused-ring (bicyclic) bond motifs is 12. The second kappa shape index (κ2) is 27.6. The molecule has 18 rings (SSSR count). The minimum Gasteiger partial charge on any atom is -0.378 e. The number of hydrogen-bond acceptors (Lipinski definition) is 21. The van der Waals surface area contributed by atoms with Crippen molar-refractivity contribution in [1.82, 2.24) is 48.9 Å². The summed E-state index contributed by atoms with van der Waals surface area (Å²) < 4.78 is 10.7. The fraction of sp³-hybridized carbons (Fsp3) is 0.235. The van der Waals surface area contributed by atoms with Crippen LogP contribution in [0.2, 0.25) is 0 Å². The molecule has 3 aromatic heterocycles. The van der Waals surface area contributed by atoms with Crippen molar-refractivity contribution < 1.29 is 23.9 Å². The van der Waals surface area contributed by atoms with Gasteiger partial charge in [-0.3, -0.25) is 33.5 Å². The normalized spacial score (nSPS) is 17.2. The number of benzene rings is 5. The molecule has 0 N–H and O–H groups in total. The van der Waals surface area contributed by atoms with Crippen LogP contribution in [-0.2, 0) is 18.8 Å². The first-order valence-corrected chi connectivity index (χ1v) is 34.8. The number of aliphatic imine (C=N–C) groups is 9. The number of guanidine groups is 4. The van der Waals surface area contributed by atoms with Crippen molar-refractivity contribution in [2.24, 2.45) is 59.0 Å². The molecule has 0 saturated carbocycles. The number of morpholine rings is 1. The van der Waals surface area contributed by atoms with Crippen molar-refractivity contribution in [3.8, 4) is 5.69 Å². The number of aromatic nitrogens is 6. The lowest BCUT2D eigenvalue weighted by molar-refractivity contribution is 0.0677. The Morgan fingerprint density at radius 2 is 0.886 bits per heavy atom.